The normalized spacial score (nSPS) is 16.1. The molecule has 0 radical (unpaired) electrons. The highest BCUT2D eigenvalue weighted by Crippen LogP contribution is 2.32. The molecule has 1 aliphatic rings. The first-order valence-electron chi connectivity index (χ1n) is 6.28. The molecule has 2 rings (SSSR count). The average molecular weight is 285 g/mol. The second kappa shape index (κ2) is 5.79. The van der Waals surface area contributed by atoms with Gasteiger partial charge in [0, 0.05) is 18.1 Å². The summed E-state index contributed by atoms with van der Waals surface area (Å²) in [5.41, 5.74) is 7.01. The lowest BCUT2D eigenvalue weighted by Gasteiger charge is -2.20. The smallest absolute Gasteiger partial charge is 0.161 e. The minimum Gasteiger partial charge on any atom is -0.486 e. The van der Waals surface area contributed by atoms with Gasteiger partial charge in [-0.1, -0.05) is 6.07 Å². The Hall–Kier alpha value is -1.27. The van der Waals surface area contributed by atoms with E-state index >= 15 is 0 Å². The van der Waals surface area contributed by atoms with Gasteiger partial charge in [0.15, 0.2) is 11.5 Å². The number of hydrogen-bond donors (Lipinski definition) is 1. The molecule has 1 atom stereocenters. The second-order valence-electron chi connectivity index (χ2n) is 4.78. The van der Waals surface area contributed by atoms with Gasteiger partial charge in [-0.05, 0) is 30.5 Å². The molecule has 106 valence electrons. The minimum absolute atomic E-state index is 0.172. The van der Waals surface area contributed by atoms with Crippen molar-refractivity contribution in [3.63, 3.8) is 0 Å². The van der Waals surface area contributed by atoms with E-state index in [1.165, 1.54) is 6.26 Å². The zero-order chi connectivity index (χ0) is 13.9. The summed E-state index contributed by atoms with van der Waals surface area (Å²) >= 11 is 0. The highest BCUT2D eigenvalue weighted by atomic mass is 32.2. The zero-order valence-electron chi connectivity index (χ0n) is 11.0. The van der Waals surface area contributed by atoms with Crippen molar-refractivity contribution in [2.75, 3.05) is 25.2 Å². The van der Waals surface area contributed by atoms with Crippen LogP contribution >= 0.6 is 0 Å². The summed E-state index contributed by atoms with van der Waals surface area (Å²) in [4.78, 5) is 0. The number of fused-ring (bicyclic) bond motifs is 1. The third-order valence-electron chi connectivity index (χ3n) is 3.02. The molecule has 0 aromatic heterocycles. The van der Waals surface area contributed by atoms with Crippen molar-refractivity contribution >= 4 is 9.84 Å². The van der Waals surface area contributed by atoms with Crippen molar-refractivity contribution in [1.29, 1.82) is 0 Å². The Morgan fingerprint density at radius 3 is 2.63 bits per heavy atom. The van der Waals surface area contributed by atoms with Crippen LogP contribution in [0.15, 0.2) is 18.2 Å². The Kier molecular flexibility index (Phi) is 4.31. The van der Waals surface area contributed by atoms with Gasteiger partial charge >= 0.3 is 0 Å². The fraction of sp³-hybridized carbons (Fsp3) is 0.538. The first kappa shape index (κ1) is 14.1. The first-order valence-corrected chi connectivity index (χ1v) is 8.34. The van der Waals surface area contributed by atoms with Crippen LogP contribution in [0.4, 0.5) is 0 Å². The number of rotatable bonds is 5. The summed E-state index contributed by atoms with van der Waals surface area (Å²) in [6.07, 6.45) is 2.43. The molecule has 19 heavy (non-hydrogen) atoms. The minimum atomic E-state index is -2.92. The lowest BCUT2D eigenvalue weighted by molar-refractivity contribution is 0.171. The highest BCUT2D eigenvalue weighted by Gasteiger charge is 2.15. The molecule has 0 amide bonds. The third kappa shape index (κ3) is 4.11. The molecule has 6 heteroatoms. The number of sulfone groups is 1. The zero-order valence-corrected chi connectivity index (χ0v) is 11.8. The maximum atomic E-state index is 11.1. The summed E-state index contributed by atoms with van der Waals surface area (Å²) in [6, 6.07) is 5.44. The lowest BCUT2D eigenvalue weighted by Crippen LogP contribution is -2.17. The van der Waals surface area contributed by atoms with E-state index in [0.717, 1.165) is 11.3 Å². The molecule has 0 fully saturated rings. The van der Waals surface area contributed by atoms with Crippen LogP contribution in [0.5, 0.6) is 11.5 Å². The molecule has 0 aliphatic carbocycles. The fourth-order valence-electron chi connectivity index (χ4n) is 2.02. The van der Waals surface area contributed by atoms with E-state index < -0.39 is 9.84 Å². The van der Waals surface area contributed by atoms with Gasteiger partial charge in [-0.15, -0.1) is 0 Å². The van der Waals surface area contributed by atoms with E-state index in [9.17, 15) is 8.42 Å². The van der Waals surface area contributed by atoms with Crippen molar-refractivity contribution in [3.05, 3.63) is 23.8 Å². The highest BCUT2D eigenvalue weighted by molar-refractivity contribution is 7.90. The Morgan fingerprint density at radius 2 is 1.95 bits per heavy atom. The van der Waals surface area contributed by atoms with Gasteiger partial charge < -0.3 is 15.2 Å². The van der Waals surface area contributed by atoms with Gasteiger partial charge in [-0.25, -0.2) is 8.42 Å². The largest absolute Gasteiger partial charge is 0.486 e. The molecule has 0 bridgehead atoms. The van der Waals surface area contributed by atoms with Crippen molar-refractivity contribution < 1.29 is 17.9 Å². The molecule has 0 saturated carbocycles. The first-order chi connectivity index (χ1) is 8.96. The Labute approximate surface area is 113 Å². The maximum absolute atomic E-state index is 11.1. The third-order valence-corrected chi connectivity index (χ3v) is 4.05. The van der Waals surface area contributed by atoms with Crippen LogP contribution < -0.4 is 15.2 Å². The van der Waals surface area contributed by atoms with E-state index in [2.05, 4.69) is 0 Å². The van der Waals surface area contributed by atoms with E-state index in [4.69, 9.17) is 15.2 Å². The molecule has 0 saturated heterocycles. The lowest BCUT2D eigenvalue weighted by atomic mass is 10.0. The summed E-state index contributed by atoms with van der Waals surface area (Å²) in [6.45, 7) is 1.10. The molecule has 1 aromatic carbocycles. The Balaban J connectivity index is 1.97. The summed E-state index contributed by atoms with van der Waals surface area (Å²) < 4.78 is 33.1. The number of benzene rings is 1. The molecule has 5 nitrogen and oxygen atoms in total. The van der Waals surface area contributed by atoms with Gasteiger partial charge in [-0.3, -0.25) is 0 Å². The van der Waals surface area contributed by atoms with E-state index in [1.807, 2.05) is 18.2 Å². The van der Waals surface area contributed by atoms with Crippen molar-refractivity contribution in [3.8, 4) is 11.5 Å². The fourth-order valence-corrected chi connectivity index (χ4v) is 2.71. The molecule has 1 heterocycles. The Morgan fingerprint density at radius 1 is 1.26 bits per heavy atom. The van der Waals surface area contributed by atoms with Gasteiger partial charge in [0.05, 0.1) is 0 Å². The van der Waals surface area contributed by atoms with Crippen molar-refractivity contribution in [2.24, 2.45) is 5.73 Å². The van der Waals surface area contributed by atoms with Crippen LogP contribution in [-0.4, -0.2) is 33.6 Å². The van der Waals surface area contributed by atoms with Crippen LogP contribution in [-0.2, 0) is 9.84 Å². The van der Waals surface area contributed by atoms with Gasteiger partial charge in [-0.2, -0.15) is 0 Å². The summed E-state index contributed by atoms with van der Waals surface area (Å²) in [7, 11) is -2.92. The predicted molar refractivity (Wildman–Crippen MR) is 73.3 cm³/mol. The Bertz CT molecular complexity index is 542. The SMILES string of the molecule is CS(=O)(=O)CCCC(N)c1ccc2c(c1)OCCO2. The van der Waals surface area contributed by atoms with Crippen LogP contribution in [0.3, 0.4) is 0 Å². The molecule has 1 aliphatic heterocycles. The predicted octanol–water partition coefficient (Wildman–Crippen LogP) is 1.28. The second-order valence-corrected chi connectivity index (χ2v) is 7.04. The van der Waals surface area contributed by atoms with Crippen LogP contribution in [0, 0.1) is 0 Å². The topological polar surface area (TPSA) is 78.6 Å². The number of ether oxygens (including phenoxy) is 2. The van der Waals surface area contributed by atoms with Crippen molar-refractivity contribution in [1.82, 2.24) is 0 Å². The monoisotopic (exact) mass is 285 g/mol. The maximum Gasteiger partial charge on any atom is 0.161 e. The van der Waals surface area contributed by atoms with E-state index in [1.54, 1.807) is 0 Å². The van der Waals surface area contributed by atoms with Gasteiger partial charge in [0.1, 0.15) is 23.1 Å². The van der Waals surface area contributed by atoms with Crippen LogP contribution in [0.1, 0.15) is 24.4 Å². The number of nitrogens with two attached hydrogens (primary N) is 1. The molecule has 1 aromatic rings. The molecule has 2 N–H and O–H groups in total. The quantitative estimate of drug-likeness (QED) is 0.881. The molecular formula is C13H19NO4S. The van der Waals surface area contributed by atoms with E-state index in [0.29, 0.717) is 31.8 Å². The summed E-state index contributed by atoms with van der Waals surface area (Å²) in [5, 5.41) is 0. The van der Waals surface area contributed by atoms with Crippen LogP contribution in [0.25, 0.3) is 0 Å². The van der Waals surface area contributed by atoms with E-state index in [-0.39, 0.29) is 11.8 Å². The standard InChI is InChI=1S/C13H19NO4S/c1-19(15,16)8-2-3-11(14)10-4-5-12-13(9-10)18-7-6-17-12/h4-5,9,11H,2-3,6-8,14H2,1H3. The average Bonchev–Trinajstić information content (AvgIpc) is 2.36. The molecule has 0 spiro atoms. The van der Waals surface area contributed by atoms with Crippen LogP contribution in [0.2, 0.25) is 0 Å². The summed E-state index contributed by atoms with van der Waals surface area (Å²) in [5.74, 6) is 1.62. The van der Waals surface area contributed by atoms with Gasteiger partial charge in [0.25, 0.3) is 0 Å². The molecule has 1 unspecified atom stereocenters. The molecular weight excluding hydrogens is 266 g/mol. The van der Waals surface area contributed by atoms with Gasteiger partial charge in [0.2, 0.25) is 0 Å². The van der Waals surface area contributed by atoms with Crippen molar-refractivity contribution in [2.45, 2.75) is 18.9 Å². The number of hydrogen-bond acceptors (Lipinski definition) is 5.